The first kappa shape index (κ1) is 18.9. The van der Waals surface area contributed by atoms with Crippen LogP contribution in [0.5, 0.6) is 0 Å². The summed E-state index contributed by atoms with van der Waals surface area (Å²) in [6, 6.07) is 6.47. The second-order valence-corrected chi connectivity index (χ2v) is 7.39. The van der Waals surface area contributed by atoms with Crippen molar-refractivity contribution in [1.82, 2.24) is 10.2 Å². The van der Waals surface area contributed by atoms with Gasteiger partial charge < -0.3 is 15.2 Å². The molecule has 0 bridgehead atoms. The van der Waals surface area contributed by atoms with Crippen LogP contribution in [0, 0.1) is 11.8 Å². The molecule has 0 spiro atoms. The van der Waals surface area contributed by atoms with Crippen molar-refractivity contribution in [2.75, 3.05) is 26.3 Å². The molecule has 0 aliphatic carbocycles. The maximum atomic E-state index is 12.5. The van der Waals surface area contributed by atoms with Gasteiger partial charge in [0.2, 0.25) is 5.91 Å². The predicted octanol–water partition coefficient (Wildman–Crippen LogP) is 2.14. The molecule has 0 saturated carbocycles. The molecule has 2 fully saturated rings. The van der Waals surface area contributed by atoms with E-state index in [-0.39, 0.29) is 17.5 Å². The van der Waals surface area contributed by atoms with E-state index in [1.54, 1.807) is 24.3 Å². The third-order valence-electron chi connectivity index (χ3n) is 5.78. The summed E-state index contributed by atoms with van der Waals surface area (Å²) in [5, 5.41) is 11.9. The Morgan fingerprint density at radius 1 is 1.19 bits per heavy atom. The number of likely N-dealkylation sites (tertiary alicyclic amines) is 1. The lowest BCUT2D eigenvalue weighted by molar-refractivity contribution is -0.125. The largest absolute Gasteiger partial charge is 0.478 e. The number of aromatic carboxylic acids is 1. The molecular formula is C20H28N2O4. The molecule has 1 aromatic carbocycles. The van der Waals surface area contributed by atoms with E-state index in [0.29, 0.717) is 12.5 Å². The Morgan fingerprint density at radius 3 is 2.54 bits per heavy atom. The van der Waals surface area contributed by atoms with Crippen LogP contribution in [0.3, 0.4) is 0 Å². The molecule has 2 aliphatic rings. The maximum Gasteiger partial charge on any atom is 0.335 e. The topological polar surface area (TPSA) is 78.9 Å². The zero-order valence-electron chi connectivity index (χ0n) is 15.3. The van der Waals surface area contributed by atoms with Crippen LogP contribution in [-0.2, 0) is 16.1 Å². The van der Waals surface area contributed by atoms with E-state index in [9.17, 15) is 9.59 Å². The molecule has 3 rings (SSSR count). The lowest BCUT2D eigenvalue weighted by Crippen LogP contribution is -2.44. The highest BCUT2D eigenvalue weighted by molar-refractivity contribution is 5.87. The van der Waals surface area contributed by atoms with Gasteiger partial charge in [-0.3, -0.25) is 9.69 Å². The van der Waals surface area contributed by atoms with Crippen molar-refractivity contribution in [2.45, 2.75) is 38.8 Å². The van der Waals surface area contributed by atoms with Crippen LogP contribution in [0.25, 0.3) is 0 Å². The average Bonchev–Trinajstić information content (AvgIpc) is 3.16. The summed E-state index contributed by atoms with van der Waals surface area (Å²) in [7, 11) is 0. The molecule has 1 amide bonds. The van der Waals surface area contributed by atoms with Gasteiger partial charge in [0.15, 0.2) is 0 Å². The van der Waals surface area contributed by atoms with Gasteiger partial charge in [-0.05, 0) is 62.3 Å². The van der Waals surface area contributed by atoms with Gasteiger partial charge >= 0.3 is 5.97 Å². The summed E-state index contributed by atoms with van der Waals surface area (Å²) in [6.45, 7) is 6.10. The van der Waals surface area contributed by atoms with Crippen LogP contribution in [0.1, 0.15) is 42.1 Å². The third kappa shape index (κ3) is 4.62. The number of carboxylic acids is 1. The van der Waals surface area contributed by atoms with Gasteiger partial charge in [-0.1, -0.05) is 12.1 Å². The van der Waals surface area contributed by atoms with Gasteiger partial charge in [-0.25, -0.2) is 4.79 Å². The van der Waals surface area contributed by atoms with Crippen molar-refractivity contribution in [2.24, 2.45) is 11.8 Å². The fraction of sp³-hybridized carbons (Fsp3) is 0.600. The Morgan fingerprint density at radius 2 is 1.88 bits per heavy atom. The molecule has 6 heteroatoms. The van der Waals surface area contributed by atoms with Crippen molar-refractivity contribution in [3.63, 3.8) is 0 Å². The number of carbonyl (C=O) groups is 2. The number of nitrogens with zero attached hydrogens (tertiary/aromatic N) is 1. The highest BCUT2D eigenvalue weighted by atomic mass is 16.5. The van der Waals surface area contributed by atoms with Crippen LogP contribution < -0.4 is 5.32 Å². The summed E-state index contributed by atoms with van der Waals surface area (Å²) < 4.78 is 5.46. The Balaban J connectivity index is 1.46. The van der Waals surface area contributed by atoms with Crippen molar-refractivity contribution in [3.8, 4) is 0 Å². The van der Waals surface area contributed by atoms with Crippen molar-refractivity contribution in [3.05, 3.63) is 35.4 Å². The highest BCUT2D eigenvalue weighted by Crippen LogP contribution is 2.31. The Kier molecular flexibility index (Phi) is 6.27. The second kappa shape index (κ2) is 8.64. The first-order valence-electron chi connectivity index (χ1n) is 9.46. The monoisotopic (exact) mass is 360 g/mol. The van der Waals surface area contributed by atoms with Gasteiger partial charge in [-0.15, -0.1) is 0 Å². The summed E-state index contributed by atoms with van der Waals surface area (Å²) >= 11 is 0. The number of carbonyl (C=O) groups excluding carboxylic acids is 1. The molecule has 0 radical (unpaired) electrons. The molecule has 2 unspecified atom stereocenters. The van der Waals surface area contributed by atoms with E-state index >= 15 is 0 Å². The molecule has 2 aliphatic heterocycles. The molecule has 142 valence electrons. The highest BCUT2D eigenvalue weighted by Gasteiger charge is 2.34. The molecule has 6 nitrogen and oxygen atoms in total. The zero-order valence-corrected chi connectivity index (χ0v) is 15.3. The summed E-state index contributed by atoms with van der Waals surface area (Å²) in [5.74, 6) is 0.497. The lowest BCUT2D eigenvalue weighted by Gasteiger charge is -2.29. The summed E-state index contributed by atoms with van der Waals surface area (Å²) in [4.78, 5) is 25.6. The number of nitrogens with one attached hydrogen (secondary N) is 1. The first-order valence-corrected chi connectivity index (χ1v) is 9.46. The molecule has 2 N–H and O–H groups in total. The second-order valence-electron chi connectivity index (χ2n) is 7.39. The summed E-state index contributed by atoms with van der Waals surface area (Å²) in [5.41, 5.74) is 1.15. The van der Waals surface area contributed by atoms with Gasteiger partial charge in [0.25, 0.3) is 0 Å². The van der Waals surface area contributed by atoms with Crippen molar-refractivity contribution >= 4 is 11.9 Å². The number of ether oxygens (including phenoxy) is 1. The standard InChI is InChI=1S/C20H28N2O4/c1-14(22-9-6-18(13-22)16-7-10-26-11-8-16)19(23)21-12-15-2-4-17(5-3-15)20(24)25/h2-5,14,16,18H,6-13H2,1H3,(H,21,23)(H,24,25). The first-order chi connectivity index (χ1) is 12.5. The molecule has 1 aromatic rings. The SMILES string of the molecule is CC(C(=O)NCc1ccc(C(=O)O)cc1)N1CCC(C2CCOCC2)C1. The van der Waals surface area contributed by atoms with Crippen LogP contribution in [0.15, 0.2) is 24.3 Å². The molecule has 2 saturated heterocycles. The van der Waals surface area contributed by atoms with Crippen LogP contribution in [0.2, 0.25) is 0 Å². The van der Waals surface area contributed by atoms with Gasteiger partial charge in [-0.2, -0.15) is 0 Å². The van der Waals surface area contributed by atoms with Gasteiger partial charge in [0.05, 0.1) is 11.6 Å². The fourth-order valence-electron chi connectivity index (χ4n) is 4.01. The molecule has 26 heavy (non-hydrogen) atoms. The maximum absolute atomic E-state index is 12.5. The van der Waals surface area contributed by atoms with Gasteiger partial charge in [0, 0.05) is 26.3 Å². The van der Waals surface area contributed by atoms with E-state index in [4.69, 9.17) is 9.84 Å². The number of carboxylic acid groups (broad SMARTS) is 1. The van der Waals surface area contributed by atoms with Gasteiger partial charge in [0.1, 0.15) is 0 Å². The Bertz CT molecular complexity index is 625. The van der Waals surface area contributed by atoms with Crippen LogP contribution in [0.4, 0.5) is 0 Å². The van der Waals surface area contributed by atoms with E-state index in [1.807, 2.05) is 6.92 Å². The number of hydrogen-bond donors (Lipinski definition) is 2. The zero-order chi connectivity index (χ0) is 18.5. The van der Waals surface area contributed by atoms with E-state index in [1.165, 1.54) is 6.42 Å². The minimum Gasteiger partial charge on any atom is -0.478 e. The predicted molar refractivity (Wildman–Crippen MR) is 97.9 cm³/mol. The minimum atomic E-state index is -0.942. The normalized spacial score (nSPS) is 22.9. The molecule has 2 heterocycles. The van der Waals surface area contributed by atoms with Crippen molar-refractivity contribution in [1.29, 1.82) is 0 Å². The quantitative estimate of drug-likeness (QED) is 0.813. The third-order valence-corrected chi connectivity index (χ3v) is 5.78. The minimum absolute atomic E-state index is 0.0277. The smallest absolute Gasteiger partial charge is 0.335 e. The van der Waals surface area contributed by atoms with Crippen LogP contribution >= 0.6 is 0 Å². The number of hydrogen-bond acceptors (Lipinski definition) is 4. The number of rotatable bonds is 6. The van der Waals surface area contributed by atoms with Crippen molar-refractivity contribution < 1.29 is 19.4 Å². The van der Waals surface area contributed by atoms with Crippen LogP contribution in [-0.4, -0.2) is 54.2 Å². The lowest BCUT2D eigenvalue weighted by atomic mass is 9.85. The Hall–Kier alpha value is -1.92. The Labute approximate surface area is 154 Å². The number of amides is 1. The summed E-state index contributed by atoms with van der Waals surface area (Å²) in [6.07, 6.45) is 3.45. The van der Waals surface area contributed by atoms with E-state index < -0.39 is 5.97 Å². The molecule has 2 atom stereocenters. The molecular weight excluding hydrogens is 332 g/mol. The van der Waals surface area contributed by atoms with E-state index in [2.05, 4.69) is 10.2 Å². The van der Waals surface area contributed by atoms with E-state index in [0.717, 1.165) is 50.6 Å². The number of benzene rings is 1. The average molecular weight is 360 g/mol. The molecule has 0 aromatic heterocycles. The fourth-order valence-corrected chi connectivity index (χ4v) is 4.01.